The first kappa shape index (κ1) is 18.5. The second kappa shape index (κ2) is 8.42. The molecule has 1 heterocycles. The molecule has 1 N–H and O–H groups in total. The number of hydrogen-bond donors (Lipinski definition) is 1. The third-order valence-electron chi connectivity index (χ3n) is 4.26. The molecular formula is C23H18N2OS2. The maximum absolute atomic E-state index is 12.7. The largest absolute Gasteiger partial charge is 0.298 e. The van der Waals surface area contributed by atoms with E-state index in [1.54, 1.807) is 11.8 Å². The molecular weight excluding hydrogens is 384 g/mol. The van der Waals surface area contributed by atoms with Crippen LogP contribution in [0.15, 0.2) is 89.8 Å². The smallest absolute Gasteiger partial charge is 0.257 e. The van der Waals surface area contributed by atoms with Crippen molar-refractivity contribution in [1.82, 2.24) is 4.98 Å². The van der Waals surface area contributed by atoms with Crippen LogP contribution in [0.3, 0.4) is 0 Å². The average Bonchev–Trinajstić information content (AvgIpc) is 3.19. The Labute approximate surface area is 172 Å². The summed E-state index contributed by atoms with van der Waals surface area (Å²) in [5.74, 6) is -0.149. The molecule has 0 fully saturated rings. The molecule has 0 saturated heterocycles. The molecule has 0 radical (unpaired) electrons. The van der Waals surface area contributed by atoms with Gasteiger partial charge >= 0.3 is 0 Å². The van der Waals surface area contributed by atoms with Crippen LogP contribution in [0.1, 0.15) is 10.4 Å². The lowest BCUT2D eigenvalue weighted by Gasteiger charge is -2.03. The fraction of sp³-hybridized carbons (Fsp3) is 0.0435. The van der Waals surface area contributed by atoms with E-state index in [1.807, 2.05) is 79.1 Å². The van der Waals surface area contributed by atoms with Gasteiger partial charge in [-0.25, -0.2) is 4.98 Å². The minimum absolute atomic E-state index is 0.149. The molecule has 0 atom stereocenters. The normalized spacial score (nSPS) is 10.6. The maximum Gasteiger partial charge on any atom is 0.257 e. The Morgan fingerprint density at radius 1 is 0.893 bits per heavy atom. The van der Waals surface area contributed by atoms with Gasteiger partial charge in [-0.05, 0) is 30.0 Å². The zero-order valence-electron chi connectivity index (χ0n) is 15.3. The Bertz CT molecular complexity index is 1040. The summed E-state index contributed by atoms with van der Waals surface area (Å²) in [6.45, 7) is 0. The number of thiazole rings is 1. The van der Waals surface area contributed by atoms with Gasteiger partial charge in [0.2, 0.25) is 0 Å². The molecule has 138 valence electrons. The van der Waals surface area contributed by atoms with Crippen molar-refractivity contribution in [1.29, 1.82) is 0 Å². The third-order valence-corrected chi connectivity index (χ3v) is 6.01. The number of hydrogen-bond acceptors (Lipinski definition) is 4. The number of thioether (sulfide) groups is 1. The molecule has 4 aromatic rings. The molecule has 4 rings (SSSR count). The Kier molecular flexibility index (Phi) is 5.55. The lowest BCUT2D eigenvalue weighted by molar-refractivity contribution is 0.102. The highest BCUT2D eigenvalue weighted by Crippen LogP contribution is 2.39. The van der Waals surface area contributed by atoms with Gasteiger partial charge in [0.15, 0.2) is 5.13 Å². The van der Waals surface area contributed by atoms with Crippen LogP contribution in [0.5, 0.6) is 0 Å². The number of aromatic nitrogens is 1. The van der Waals surface area contributed by atoms with Crippen LogP contribution in [0.25, 0.3) is 21.7 Å². The van der Waals surface area contributed by atoms with E-state index < -0.39 is 0 Å². The van der Waals surface area contributed by atoms with Gasteiger partial charge in [-0.15, -0.1) is 11.8 Å². The quantitative estimate of drug-likeness (QED) is 0.390. The van der Waals surface area contributed by atoms with Gasteiger partial charge in [-0.1, -0.05) is 78.1 Å². The van der Waals surface area contributed by atoms with Crippen molar-refractivity contribution in [3.63, 3.8) is 0 Å². The topological polar surface area (TPSA) is 42.0 Å². The third kappa shape index (κ3) is 4.01. The molecule has 0 saturated carbocycles. The van der Waals surface area contributed by atoms with Crippen molar-refractivity contribution in [2.75, 3.05) is 11.6 Å². The summed E-state index contributed by atoms with van der Waals surface area (Å²) >= 11 is 3.11. The van der Waals surface area contributed by atoms with E-state index in [1.165, 1.54) is 11.3 Å². The zero-order chi connectivity index (χ0) is 19.3. The molecule has 0 bridgehead atoms. The molecule has 0 spiro atoms. The predicted molar refractivity (Wildman–Crippen MR) is 119 cm³/mol. The van der Waals surface area contributed by atoms with Crippen LogP contribution in [-0.2, 0) is 0 Å². The standard InChI is InChI=1S/C23H18N2OS2/c1-27-19-14-8-13-18(15-19)22(26)25-23-24-20(16-9-4-2-5-10-16)21(28-23)17-11-6-3-7-12-17/h2-15H,1H3,(H,24,25,26). The highest BCUT2D eigenvalue weighted by atomic mass is 32.2. The van der Waals surface area contributed by atoms with Gasteiger partial charge < -0.3 is 0 Å². The minimum atomic E-state index is -0.149. The summed E-state index contributed by atoms with van der Waals surface area (Å²) in [4.78, 5) is 19.6. The lowest BCUT2D eigenvalue weighted by Crippen LogP contribution is -2.11. The summed E-state index contributed by atoms with van der Waals surface area (Å²) < 4.78 is 0. The van der Waals surface area contributed by atoms with Crippen molar-refractivity contribution < 1.29 is 4.79 Å². The Balaban J connectivity index is 1.70. The van der Waals surface area contributed by atoms with Crippen molar-refractivity contribution >= 4 is 34.1 Å². The van der Waals surface area contributed by atoms with Crippen LogP contribution in [0.4, 0.5) is 5.13 Å². The number of anilines is 1. The molecule has 28 heavy (non-hydrogen) atoms. The van der Waals surface area contributed by atoms with Crippen LogP contribution in [-0.4, -0.2) is 17.1 Å². The average molecular weight is 403 g/mol. The first-order chi connectivity index (χ1) is 13.7. The first-order valence-electron chi connectivity index (χ1n) is 8.81. The maximum atomic E-state index is 12.7. The van der Waals surface area contributed by atoms with Gasteiger partial charge in [0.25, 0.3) is 5.91 Å². The molecule has 1 aromatic heterocycles. The number of carbonyl (C=O) groups excluding carboxylic acids is 1. The van der Waals surface area contributed by atoms with Gasteiger partial charge in [-0.3, -0.25) is 10.1 Å². The molecule has 0 unspecified atom stereocenters. The van der Waals surface area contributed by atoms with Crippen molar-refractivity contribution in [2.45, 2.75) is 4.90 Å². The Hall–Kier alpha value is -2.89. The highest BCUT2D eigenvalue weighted by molar-refractivity contribution is 7.98. The van der Waals surface area contributed by atoms with Crippen molar-refractivity contribution in [3.05, 3.63) is 90.5 Å². The number of carbonyl (C=O) groups is 1. The van der Waals surface area contributed by atoms with Crippen molar-refractivity contribution in [3.8, 4) is 21.7 Å². The number of nitrogens with one attached hydrogen (secondary N) is 1. The van der Waals surface area contributed by atoms with E-state index in [2.05, 4.69) is 17.4 Å². The molecule has 3 nitrogen and oxygen atoms in total. The summed E-state index contributed by atoms with van der Waals surface area (Å²) in [7, 11) is 0. The van der Waals surface area contributed by atoms with E-state index in [-0.39, 0.29) is 5.91 Å². The van der Waals surface area contributed by atoms with E-state index in [0.29, 0.717) is 10.7 Å². The fourth-order valence-corrected chi connectivity index (χ4v) is 4.33. The zero-order valence-corrected chi connectivity index (χ0v) is 16.9. The van der Waals surface area contributed by atoms with Crippen LogP contribution >= 0.6 is 23.1 Å². The Morgan fingerprint density at radius 2 is 1.57 bits per heavy atom. The summed E-state index contributed by atoms with van der Waals surface area (Å²) in [6.07, 6.45) is 2.00. The van der Waals surface area contributed by atoms with Crippen LogP contribution in [0.2, 0.25) is 0 Å². The van der Waals surface area contributed by atoms with E-state index in [0.717, 1.165) is 26.6 Å². The fourth-order valence-electron chi connectivity index (χ4n) is 2.88. The minimum Gasteiger partial charge on any atom is -0.298 e. The highest BCUT2D eigenvalue weighted by Gasteiger charge is 2.17. The van der Waals surface area contributed by atoms with Gasteiger partial charge in [0, 0.05) is 16.0 Å². The van der Waals surface area contributed by atoms with Gasteiger partial charge in [0.05, 0.1) is 10.6 Å². The van der Waals surface area contributed by atoms with Crippen LogP contribution < -0.4 is 5.32 Å². The van der Waals surface area contributed by atoms with E-state index >= 15 is 0 Å². The number of amides is 1. The lowest BCUT2D eigenvalue weighted by atomic mass is 10.1. The SMILES string of the molecule is CSc1cccc(C(=O)Nc2nc(-c3ccccc3)c(-c3ccccc3)s2)c1. The molecule has 5 heteroatoms. The summed E-state index contributed by atoms with van der Waals surface area (Å²) in [6, 6.07) is 27.8. The predicted octanol–water partition coefficient (Wildman–Crippen LogP) is 6.45. The Morgan fingerprint density at radius 3 is 2.25 bits per heavy atom. The van der Waals surface area contributed by atoms with E-state index in [9.17, 15) is 4.79 Å². The molecule has 1 amide bonds. The van der Waals surface area contributed by atoms with E-state index in [4.69, 9.17) is 4.98 Å². The molecule has 3 aromatic carbocycles. The molecule has 0 aliphatic rings. The molecule has 0 aliphatic heterocycles. The van der Waals surface area contributed by atoms with Gasteiger partial charge in [0.1, 0.15) is 0 Å². The first-order valence-corrected chi connectivity index (χ1v) is 10.9. The monoisotopic (exact) mass is 402 g/mol. The number of rotatable bonds is 5. The second-order valence-electron chi connectivity index (χ2n) is 6.11. The summed E-state index contributed by atoms with van der Waals surface area (Å²) in [5.41, 5.74) is 3.63. The second-order valence-corrected chi connectivity index (χ2v) is 7.99. The van der Waals surface area contributed by atoms with Gasteiger partial charge in [-0.2, -0.15) is 0 Å². The van der Waals surface area contributed by atoms with Crippen LogP contribution in [0, 0.1) is 0 Å². The molecule has 0 aliphatic carbocycles. The number of benzene rings is 3. The summed E-state index contributed by atoms with van der Waals surface area (Å²) in [5, 5.41) is 3.56. The van der Waals surface area contributed by atoms with Crippen molar-refractivity contribution in [2.24, 2.45) is 0 Å². The number of nitrogens with zero attached hydrogens (tertiary/aromatic N) is 1.